The van der Waals surface area contributed by atoms with Gasteiger partial charge in [0.05, 0.1) is 17.7 Å². The molecule has 7 heteroatoms. The lowest BCUT2D eigenvalue weighted by Gasteiger charge is -2.17. The number of nitrogens with zero attached hydrogens (tertiary/aromatic N) is 1. The third-order valence-electron chi connectivity index (χ3n) is 2.33. The van der Waals surface area contributed by atoms with Crippen LogP contribution in [0.25, 0.3) is 0 Å². The Bertz CT molecular complexity index is 469. The molecule has 2 N–H and O–H groups in total. The number of carbonyl (C=O) groups excluding carboxylic acids is 1. The van der Waals surface area contributed by atoms with Crippen LogP contribution in [-0.4, -0.2) is 19.3 Å². The molecule has 1 fully saturated rings. The Morgan fingerprint density at radius 1 is 1.53 bits per heavy atom. The molecule has 5 nitrogen and oxygen atoms in total. The Labute approximate surface area is 106 Å². The number of halogens is 2. The highest BCUT2D eigenvalue weighted by atomic mass is 79.9. The van der Waals surface area contributed by atoms with Crippen LogP contribution in [0.5, 0.6) is 5.75 Å². The van der Waals surface area contributed by atoms with E-state index in [9.17, 15) is 9.18 Å². The number of methoxy groups -OCH3 is 1. The molecule has 0 radical (unpaired) electrons. The molecular weight excluding hydrogens is 293 g/mol. The van der Waals surface area contributed by atoms with E-state index in [1.165, 1.54) is 19.2 Å². The lowest BCUT2D eigenvalue weighted by atomic mass is 10.3. The van der Waals surface area contributed by atoms with E-state index < -0.39 is 11.8 Å². The number of anilines is 1. The van der Waals surface area contributed by atoms with E-state index in [1.54, 1.807) is 6.92 Å². The first-order chi connectivity index (χ1) is 8.02. The van der Waals surface area contributed by atoms with Crippen LogP contribution in [0.1, 0.15) is 6.92 Å². The van der Waals surface area contributed by atoms with Crippen molar-refractivity contribution in [1.82, 2.24) is 10.7 Å². The van der Waals surface area contributed by atoms with Gasteiger partial charge in [-0.05, 0) is 28.9 Å². The van der Waals surface area contributed by atoms with Crippen LogP contribution in [0.3, 0.4) is 0 Å². The van der Waals surface area contributed by atoms with Gasteiger partial charge >= 0.3 is 6.03 Å². The molecule has 0 saturated carbocycles. The van der Waals surface area contributed by atoms with Crippen molar-refractivity contribution in [2.24, 2.45) is 0 Å². The minimum absolute atomic E-state index is 0.118. The summed E-state index contributed by atoms with van der Waals surface area (Å²) >= 11 is 3.17. The maximum atomic E-state index is 13.8. The topological polar surface area (TPSA) is 53.6 Å². The number of amides is 2. The van der Waals surface area contributed by atoms with Gasteiger partial charge in [0.15, 0.2) is 0 Å². The molecule has 17 heavy (non-hydrogen) atoms. The predicted molar refractivity (Wildman–Crippen MR) is 64.3 cm³/mol. The fourth-order valence-corrected chi connectivity index (χ4v) is 2.04. The van der Waals surface area contributed by atoms with Gasteiger partial charge in [0.1, 0.15) is 17.3 Å². The minimum atomic E-state index is -0.519. The van der Waals surface area contributed by atoms with Crippen molar-refractivity contribution in [3.05, 3.63) is 22.4 Å². The summed E-state index contributed by atoms with van der Waals surface area (Å²) in [5.74, 6) is -0.0648. The standard InChI is InChI=1S/C10H11BrFN3O2/c1-5-13-10(16)15(14-5)8-4-9(17-2)6(11)3-7(8)12/h3-5,14H,1-2H3,(H,13,16). The van der Waals surface area contributed by atoms with Gasteiger partial charge in [-0.2, -0.15) is 0 Å². The van der Waals surface area contributed by atoms with Gasteiger partial charge in [0, 0.05) is 6.07 Å². The van der Waals surface area contributed by atoms with E-state index >= 15 is 0 Å². The van der Waals surface area contributed by atoms with Crippen LogP contribution in [0, 0.1) is 5.82 Å². The van der Waals surface area contributed by atoms with Gasteiger partial charge in [0.25, 0.3) is 0 Å². The molecule has 1 aromatic carbocycles. The van der Waals surface area contributed by atoms with E-state index in [0.29, 0.717) is 10.2 Å². The lowest BCUT2D eigenvalue weighted by Crippen LogP contribution is -2.36. The average molecular weight is 304 g/mol. The Morgan fingerprint density at radius 2 is 2.24 bits per heavy atom. The van der Waals surface area contributed by atoms with Gasteiger partial charge < -0.3 is 10.1 Å². The molecule has 1 unspecified atom stereocenters. The van der Waals surface area contributed by atoms with Crippen LogP contribution in [0.4, 0.5) is 14.9 Å². The molecule has 1 aliphatic rings. The summed E-state index contributed by atoms with van der Waals surface area (Å²) in [6, 6.07) is 2.30. The molecule has 1 aliphatic heterocycles. The zero-order chi connectivity index (χ0) is 12.6. The van der Waals surface area contributed by atoms with Crippen molar-refractivity contribution >= 4 is 27.6 Å². The third-order valence-corrected chi connectivity index (χ3v) is 2.95. The second-order valence-corrected chi connectivity index (χ2v) is 4.43. The molecule has 0 aromatic heterocycles. The molecule has 1 heterocycles. The van der Waals surface area contributed by atoms with E-state index in [1.807, 2.05) is 0 Å². The van der Waals surface area contributed by atoms with E-state index in [2.05, 4.69) is 26.7 Å². The van der Waals surface area contributed by atoms with Gasteiger partial charge in [-0.1, -0.05) is 0 Å². The number of carbonyl (C=O) groups is 1. The highest BCUT2D eigenvalue weighted by Crippen LogP contribution is 2.32. The zero-order valence-corrected chi connectivity index (χ0v) is 10.8. The summed E-state index contributed by atoms with van der Waals surface area (Å²) in [7, 11) is 1.47. The fourth-order valence-electron chi connectivity index (χ4n) is 1.56. The van der Waals surface area contributed by atoms with Gasteiger partial charge in [-0.3, -0.25) is 0 Å². The van der Waals surface area contributed by atoms with Crippen molar-refractivity contribution in [2.75, 3.05) is 12.1 Å². The summed E-state index contributed by atoms with van der Waals surface area (Å²) in [4.78, 5) is 11.6. The van der Waals surface area contributed by atoms with E-state index in [4.69, 9.17) is 4.74 Å². The quantitative estimate of drug-likeness (QED) is 0.878. The van der Waals surface area contributed by atoms with Crippen molar-refractivity contribution < 1.29 is 13.9 Å². The second kappa shape index (κ2) is 4.50. The predicted octanol–water partition coefficient (Wildman–Crippen LogP) is 1.98. The lowest BCUT2D eigenvalue weighted by molar-refractivity contribution is 0.250. The number of nitrogens with one attached hydrogen (secondary N) is 2. The molecule has 2 amide bonds. The number of rotatable bonds is 2. The van der Waals surface area contributed by atoms with Crippen LogP contribution < -0.4 is 20.5 Å². The summed E-state index contributed by atoms with van der Waals surface area (Å²) in [5.41, 5.74) is 2.91. The van der Waals surface area contributed by atoms with E-state index in [0.717, 1.165) is 5.01 Å². The summed E-state index contributed by atoms with van der Waals surface area (Å²) in [5, 5.41) is 3.72. The number of urea groups is 1. The summed E-state index contributed by atoms with van der Waals surface area (Å²) in [6.07, 6.45) is -0.239. The Morgan fingerprint density at radius 3 is 2.76 bits per heavy atom. The van der Waals surface area contributed by atoms with Crippen LogP contribution in [0.15, 0.2) is 16.6 Å². The maximum absolute atomic E-state index is 13.8. The number of hydrogen-bond donors (Lipinski definition) is 2. The number of benzene rings is 1. The molecule has 1 saturated heterocycles. The molecule has 0 spiro atoms. The summed E-state index contributed by atoms with van der Waals surface area (Å²) in [6.45, 7) is 1.76. The third kappa shape index (κ3) is 2.20. The summed E-state index contributed by atoms with van der Waals surface area (Å²) < 4.78 is 19.3. The molecule has 92 valence electrons. The monoisotopic (exact) mass is 303 g/mol. The van der Waals surface area contributed by atoms with Crippen molar-refractivity contribution in [2.45, 2.75) is 13.1 Å². The highest BCUT2D eigenvalue weighted by molar-refractivity contribution is 9.10. The van der Waals surface area contributed by atoms with Crippen molar-refractivity contribution in [3.63, 3.8) is 0 Å². The first-order valence-electron chi connectivity index (χ1n) is 4.92. The number of hydrazine groups is 1. The first-order valence-corrected chi connectivity index (χ1v) is 5.72. The van der Waals surface area contributed by atoms with E-state index in [-0.39, 0.29) is 11.9 Å². The number of ether oxygens (including phenoxy) is 1. The van der Waals surface area contributed by atoms with Gasteiger partial charge in [-0.15, -0.1) is 0 Å². The van der Waals surface area contributed by atoms with Crippen molar-refractivity contribution in [1.29, 1.82) is 0 Å². The smallest absolute Gasteiger partial charge is 0.337 e. The molecule has 2 rings (SSSR count). The zero-order valence-electron chi connectivity index (χ0n) is 9.25. The van der Waals surface area contributed by atoms with Crippen LogP contribution in [-0.2, 0) is 0 Å². The first kappa shape index (κ1) is 12.1. The highest BCUT2D eigenvalue weighted by Gasteiger charge is 2.29. The number of hydrogen-bond acceptors (Lipinski definition) is 3. The molecule has 0 bridgehead atoms. The largest absolute Gasteiger partial charge is 0.495 e. The average Bonchev–Trinajstić information content (AvgIpc) is 2.58. The molecule has 1 aromatic rings. The minimum Gasteiger partial charge on any atom is -0.495 e. The van der Waals surface area contributed by atoms with Crippen LogP contribution in [0.2, 0.25) is 0 Å². The SMILES string of the molecule is COc1cc(N2NC(C)NC2=O)c(F)cc1Br. The fraction of sp³-hybridized carbons (Fsp3) is 0.300. The Hall–Kier alpha value is -1.34. The maximum Gasteiger partial charge on any atom is 0.337 e. The normalized spacial score (nSPS) is 19.4. The molecule has 1 atom stereocenters. The van der Waals surface area contributed by atoms with Gasteiger partial charge in [-0.25, -0.2) is 19.6 Å². The Kier molecular flexibility index (Phi) is 3.21. The molecular formula is C10H11BrFN3O2. The van der Waals surface area contributed by atoms with Crippen molar-refractivity contribution in [3.8, 4) is 5.75 Å². The van der Waals surface area contributed by atoms with Crippen LogP contribution >= 0.6 is 15.9 Å². The second-order valence-electron chi connectivity index (χ2n) is 3.57. The van der Waals surface area contributed by atoms with Gasteiger partial charge in [0.2, 0.25) is 0 Å². The Balaban J connectivity index is 2.41. The molecule has 0 aliphatic carbocycles.